The molecule has 1 saturated heterocycles. The van der Waals surface area contributed by atoms with Crippen molar-refractivity contribution in [1.82, 2.24) is 15.1 Å². The van der Waals surface area contributed by atoms with Crippen molar-refractivity contribution < 1.29 is 19.5 Å². The van der Waals surface area contributed by atoms with Gasteiger partial charge < -0.3 is 15.3 Å². The Balaban J connectivity index is 2.85. The maximum atomic E-state index is 11.8. The third-order valence-corrected chi connectivity index (χ3v) is 2.80. The molecule has 7 heteroatoms. The minimum atomic E-state index is -1.04. The second kappa shape index (κ2) is 5.13. The molecule has 0 saturated carbocycles. The van der Waals surface area contributed by atoms with Crippen molar-refractivity contribution >= 4 is 17.8 Å². The first kappa shape index (κ1) is 13.4. The summed E-state index contributed by atoms with van der Waals surface area (Å²) in [6.07, 6.45) is 0. The molecule has 17 heavy (non-hydrogen) atoms. The molecule has 0 radical (unpaired) electrons. The Morgan fingerprint density at radius 2 is 2.12 bits per heavy atom. The van der Waals surface area contributed by atoms with Crippen molar-refractivity contribution in [2.45, 2.75) is 19.0 Å². The maximum absolute atomic E-state index is 11.8. The minimum absolute atomic E-state index is 0.0270. The molecule has 0 aromatic rings. The van der Waals surface area contributed by atoms with E-state index in [-0.39, 0.29) is 24.9 Å². The molecule has 0 aromatic heterocycles. The van der Waals surface area contributed by atoms with Crippen LogP contribution in [0.25, 0.3) is 0 Å². The van der Waals surface area contributed by atoms with Gasteiger partial charge in [-0.3, -0.25) is 19.3 Å². The van der Waals surface area contributed by atoms with Gasteiger partial charge in [0.05, 0.1) is 12.6 Å². The van der Waals surface area contributed by atoms with Crippen molar-refractivity contribution in [3.05, 3.63) is 0 Å². The van der Waals surface area contributed by atoms with Gasteiger partial charge in [0.1, 0.15) is 6.04 Å². The first-order valence-corrected chi connectivity index (χ1v) is 5.31. The predicted octanol–water partition coefficient (Wildman–Crippen LogP) is -1.65. The molecule has 0 aromatic carbocycles. The van der Waals surface area contributed by atoms with Gasteiger partial charge in [-0.2, -0.15) is 0 Å². The Labute approximate surface area is 99.4 Å². The number of nitrogens with one attached hydrogen (secondary N) is 1. The average Bonchev–Trinajstić information content (AvgIpc) is 2.26. The number of carbonyl (C=O) groups is 3. The predicted molar refractivity (Wildman–Crippen MR) is 59.3 cm³/mol. The molecular formula is C10H17N3O4. The van der Waals surface area contributed by atoms with Crippen molar-refractivity contribution in [2.24, 2.45) is 0 Å². The van der Waals surface area contributed by atoms with Gasteiger partial charge in [0.2, 0.25) is 11.8 Å². The van der Waals surface area contributed by atoms with Crippen molar-refractivity contribution in [2.75, 3.05) is 27.2 Å². The first-order valence-electron chi connectivity index (χ1n) is 5.31. The summed E-state index contributed by atoms with van der Waals surface area (Å²) in [5, 5.41) is 11.5. The van der Waals surface area contributed by atoms with E-state index in [1.807, 2.05) is 0 Å². The van der Waals surface area contributed by atoms with Gasteiger partial charge >= 0.3 is 5.97 Å². The quantitative estimate of drug-likeness (QED) is 0.619. The van der Waals surface area contributed by atoms with Gasteiger partial charge in [-0.25, -0.2) is 0 Å². The largest absolute Gasteiger partial charge is 0.480 e. The molecule has 0 bridgehead atoms. The van der Waals surface area contributed by atoms with Gasteiger partial charge in [-0.1, -0.05) is 0 Å². The third-order valence-electron chi connectivity index (χ3n) is 2.80. The van der Waals surface area contributed by atoms with Crippen LogP contribution in [0.4, 0.5) is 0 Å². The lowest BCUT2D eigenvalue weighted by Crippen LogP contribution is -2.62. The van der Waals surface area contributed by atoms with Crippen LogP contribution in [0.1, 0.15) is 6.92 Å². The Morgan fingerprint density at radius 1 is 1.53 bits per heavy atom. The second-order valence-corrected chi connectivity index (χ2v) is 4.24. The molecule has 7 nitrogen and oxygen atoms in total. The number of hydrogen-bond acceptors (Lipinski definition) is 4. The van der Waals surface area contributed by atoms with Crippen LogP contribution < -0.4 is 5.32 Å². The van der Waals surface area contributed by atoms with E-state index in [1.165, 1.54) is 9.80 Å². The van der Waals surface area contributed by atoms with Crippen LogP contribution in [0, 0.1) is 0 Å². The smallest absolute Gasteiger partial charge is 0.322 e. The summed E-state index contributed by atoms with van der Waals surface area (Å²) in [5.74, 6) is -1.52. The van der Waals surface area contributed by atoms with Crippen LogP contribution in [-0.4, -0.2) is 72.0 Å². The van der Waals surface area contributed by atoms with Gasteiger partial charge in [0, 0.05) is 20.6 Å². The highest BCUT2D eigenvalue weighted by molar-refractivity contribution is 5.87. The number of aliphatic carboxylic acids is 1. The van der Waals surface area contributed by atoms with E-state index in [4.69, 9.17) is 5.11 Å². The molecule has 2 unspecified atom stereocenters. The molecule has 0 spiro atoms. The summed E-state index contributed by atoms with van der Waals surface area (Å²) in [6.45, 7) is 1.56. The number of likely N-dealkylation sites (N-methyl/N-ethyl adjacent to an activating group) is 1. The van der Waals surface area contributed by atoms with Crippen LogP contribution in [0.15, 0.2) is 0 Å². The zero-order valence-electron chi connectivity index (χ0n) is 10.1. The summed E-state index contributed by atoms with van der Waals surface area (Å²) in [7, 11) is 3.19. The molecule has 0 aliphatic carbocycles. The lowest BCUT2D eigenvalue weighted by molar-refractivity contribution is -0.150. The number of amides is 2. The van der Waals surface area contributed by atoms with Gasteiger partial charge in [-0.05, 0) is 6.92 Å². The highest BCUT2D eigenvalue weighted by Crippen LogP contribution is 2.11. The zero-order valence-corrected chi connectivity index (χ0v) is 10.1. The summed E-state index contributed by atoms with van der Waals surface area (Å²) < 4.78 is 0. The zero-order chi connectivity index (χ0) is 13.2. The molecule has 1 fully saturated rings. The summed E-state index contributed by atoms with van der Waals surface area (Å²) >= 11 is 0. The van der Waals surface area contributed by atoms with Gasteiger partial charge in [0.15, 0.2) is 0 Å². The SMILES string of the molecule is CC(C(=O)N(C)C)N1CC(=O)NCC1C(=O)O. The van der Waals surface area contributed by atoms with Crippen molar-refractivity contribution in [1.29, 1.82) is 0 Å². The summed E-state index contributed by atoms with van der Waals surface area (Å²) in [5.41, 5.74) is 0. The van der Waals surface area contributed by atoms with Crippen molar-refractivity contribution in [3.8, 4) is 0 Å². The summed E-state index contributed by atoms with van der Waals surface area (Å²) in [6, 6.07) is -1.48. The van der Waals surface area contributed by atoms with E-state index in [1.54, 1.807) is 21.0 Å². The molecule has 96 valence electrons. The fraction of sp³-hybridized carbons (Fsp3) is 0.700. The maximum Gasteiger partial charge on any atom is 0.322 e. The van der Waals surface area contributed by atoms with Crippen LogP contribution in [0.5, 0.6) is 0 Å². The highest BCUT2D eigenvalue weighted by atomic mass is 16.4. The molecular weight excluding hydrogens is 226 g/mol. The number of carboxylic acid groups (broad SMARTS) is 1. The number of nitrogens with zero attached hydrogens (tertiary/aromatic N) is 2. The fourth-order valence-corrected chi connectivity index (χ4v) is 1.81. The third kappa shape index (κ3) is 2.94. The van der Waals surface area contributed by atoms with Crippen LogP contribution in [0.3, 0.4) is 0 Å². The Bertz CT molecular complexity index is 342. The Morgan fingerprint density at radius 3 is 2.59 bits per heavy atom. The monoisotopic (exact) mass is 243 g/mol. The van der Waals surface area contributed by atoms with Crippen molar-refractivity contribution in [3.63, 3.8) is 0 Å². The molecule has 1 aliphatic heterocycles. The standard InChI is InChI=1S/C10H17N3O4/c1-6(9(15)12(2)3)13-5-8(14)11-4-7(13)10(16)17/h6-7H,4-5H2,1-3H3,(H,11,14)(H,16,17). The van der Waals surface area contributed by atoms with Gasteiger partial charge in [-0.15, -0.1) is 0 Å². The molecule has 2 amide bonds. The lowest BCUT2D eigenvalue weighted by Gasteiger charge is -2.37. The second-order valence-electron chi connectivity index (χ2n) is 4.24. The molecule has 1 aliphatic rings. The van der Waals surface area contributed by atoms with E-state index in [2.05, 4.69) is 5.32 Å². The average molecular weight is 243 g/mol. The van der Waals surface area contributed by atoms with E-state index >= 15 is 0 Å². The Hall–Kier alpha value is -1.63. The van der Waals surface area contributed by atoms with E-state index in [9.17, 15) is 14.4 Å². The number of piperazine rings is 1. The van der Waals surface area contributed by atoms with E-state index < -0.39 is 18.1 Å². The molecule has 2 N–H and O–H groups in total. The normalized spacial score (nSPS) is 22.8. The fourth-order valence-electron chi connectivity index (χ4n) is 1.81. The topological polar surface area (TPSA) is 90.0 Å². The Kier molecular flexibility index (Phi) is 4.06. The first-order chi connectivity index (χ1) is 7.84. The molecule has 2 atom stereocenters. The number of carboxylic acids is 1. The van der Waals surface area contributed by atoms with Crippen LogP contribution in [-0.2, 0) is 14.4 Å². The van der Waals surface area contributed by atoms with Gasteiger partial charge in [0.25, 0.3) is 0 Å². The minimum Gasteiger partial charge on any atom is -0.480 e. The van der Waals surface area contributed by atoms with Crippen LogP contribution in [0.2, 0.25) is 0 Å². The lowest BCUT2D eigenvalue weighted by atomic mass is 10.1. The number of hydrogen-bond donors (Lipinski definition) is 2. The number of rotatable bonds is 3. The van der Waals surface area contributed by atoms with E-state index in [0.29, 0.717) is 0 Å². The molecule has 1 heterocycles. The number of carbonyl (C=O) groups excluding carboxylic acids is 2. The highest BCUT2D eigenvalue weighted by Gasteiger charge is 2.37. The van der Waals surface area contributed by atoms with Crippen LogP contribution >= 0.6 is 0 Å². The van der Waals surface area contributed by atoms with E-state index in [0.717, 1.165) is 0 Å². The molecule has 1 rings (SSSR count). The summed E-state index contributed by atoms with van der Waals surface area (Å²) in [4.78, 5) is 36.9.